The van der Waals surface area contributed by atoms with Gasteiger partial charge in [-0.2, -0.15) is 5.26 Å². The number of hydrogen-bond donors (Lipinski definition) is 0. The van der Waals surface area contributed by atoms with E-state index in [9.17, 15) is 4.39 Å². The van der Waals surface area contributed by atoms with Crippen LogP contribution in [-0.4, -0.2) is 6.61 Å². The number of rotatable bonds is 5. The molecule has 0 aliphatic rings. The Morgan fingerprint density at radius 3 is 2.87 bits per heavy atom. The van der Waals surface area contributed by atoms with Gasteiger partial charge in [-0.15, -0.1) is 0 Å². The van der Waals surface area contributed by atoms with Crippen molar-refractivity contribution < 1.29 is 9.13 Å². The monoisotopic (exact) mass is 227 g/mol. The van der Waals surface area contributed by atoms with E-state index in [-0.39, 0.29) is 10.8 Å². The second-order valence-corrected chi connectivity index (χ2v) is 3.42. The molecule has 0 N–H and O–H groups in total. The number of nitriles is 1. The van der Waals surface area contributed by atoms with Crippen LogP contribution >= 0.6 is 11.6 Å². The predicted molar refractivity (Wildman–Crippen MR) is 56.4 cm³/mol. The SMILES string of the molecule is N#CCCCCOc1c(F)cccc1Cl. The molecule has 1 aromatic rings. The van der Waals surface area contributed by atoms with E-state index in [1.165, 1.54) is 12.1 Å². The van der Waals surface area contributed by atoms with E-state index >= 15 is 0 Å². The summed E-state index contributed by atoms with van der Waals surface area (Å²) in [5.74, 6) is -0.362. The molecule has 0 aliphatic carbocycles. The van der Waals surface area contributed by atoms with Crippen LogP contribution in [0, 0.1) is 17.1 Å². The van der Waals surface area contributed by atoms with Gasteiger partial charge >= 0.3 is 0 Å². The van der Waals surface area contributed by atoms with Crippen LogP contribution in [0.3, 0.4) is 0 Å². The van der Waals surface area contributed by atoms with E-state index in [1.807, 2.05) is 6.07 Å². The molecule has 80 valence electrons. The van der Waals surface area contributed by atoms with Crippen LogP contribution in [0.15, 0.2) is 18.2 Å². The van der Waals surface area contributed by atoms with Crippen molar-refractivity contribution in [1.29, 1.82) is 5.26 Å². The van der Waals surface area contributed by atoms with Gasteiger partial charge in [-0.05, 0) is 25.0 Å². The normalized spacial score (nSPS) is 9.67. The Kier molecular flexibility index (Phi) is 4.92. The summed E-state index contributed by atoms with van der Waals surface area (Å²) in [7, 11) is 0. The first-order valence-corrected chi connectivity index (χ1v) is 5.07. The molecule has 0 spiro atoms. The lowest BCUT2D eigenvalue weighted by molar-refractivity contribution is 0.293. The van der Waals surface area contributed by atoms with E-state index in [2.05, 4.69) is 0 Å². The maximum absolute atomic E-state index is 13.2. The number of benzene rings is 1. The highest BCUT2D eigenvalue weighted by Crippen LogP contribution is 2.27. The number of hydrogen-bond acceptors (Lipinski definition) is 2. The van der Waals surface area contributed by atoms with Gasteiger partial charge in [0, 0.05) is 6.42 Å². The lowest BCUT2D eigenvalue weighted by Gasteiger charge is -2.07. The topological polar surface area (TPSA) is 33.0 Å². The summed E-state index contributed by atoms with van der Waals surface area (Å²) >= 11 is 5.75. The summed E-state index contributed by atoms with van der Waals surface area (Å²) < 4.78 is 18.4. The van der Waals surface area contributed by atoms with Crippen molar-refractivity contribution in [2.45, 2.75) is 19.3 Å². The second kappa shape index (κ2) is 6.26. The van der Waals surface area contributed by atoms with Gasteiger partial charge in [0.2, 0.25) is 0 Å². The molecule has 0 saturated heterocycles. The second-order valence-electron chi connectivity index (χ2n) is 3.01. The van der Waals surface area contributed by atoms with Crippen LogP contribution in [0.1, 0.15) is 19.3 Å². The van der Waals surface area contributed by atoms with Crippen molar-refractivity contribution in [1.82, 2.24) is 0 Å². The zero-order valence-corrected chi connectivity index (χ0v) is 8.93. The molecule has 0 fully saturated rings. The van der Waals surface area contributed by atoms with Crippen LogP contribution in [0.2, 0.25) is 5.02 Å². The summed E-state index contributed by atoms with van der Waals surface area (Å²) in [6, 6.07) is 6.44. The van der Waals surface area contributed by atoms with E-state index in [0.29, 0.717) is 13.0 Å². The minimum Gasteiger partial charge on any atom is -0.489 e. The standard InChI is InChI=1S/C11H11ClFNO/c12-9-5-4-6-10(13)11(9)15-8-3-1-2-7-14/h4-6H,1-3,8H2. The third-order valence-electron chi connectivity index (χ3n) is 1.85. The van der Waals surface area contributed by atoms with Crippen LogP contribution in [0.25, 0.3) is 0 Å². The van der Waals surface area contributed by atoms with Crippen molar-refractivity contribution >= 4 is 11.6 Å². The van der Waals surface area contributed by atoms with E-state index < -0.39 is 5.82 Å². The number of halogens is 2. The van der Waals surface area contributed by atoms with Gasteiger partial charge in [-0.25, -0.2) is 4.39 Å². The molecule has 0 aromatic heterocycles. The Morgan fingerprint density at radius 2 is 2.20 bits per heavy atom. The molecule has 1 aromatic carbocycles. The van der Waals surface area contributed by atoms with Crippen LogP contribution in [0.4, 0.5) is 4.39 Å². The molecule has 0 aliphatic heterocycles. The van der Waals surface area contributed by atoms with E-state index in [0.717, 1.165) is 12.8 Å². The smallest absolute Gasteiger partial charge is 0.173 e. The summed E-state index contributed by atoms with van der Waals surface area (Å²) in [5.41, 5.74) is 0. The maximum atomic E-state index is 13.2. The van der Waals surface area contributed by atoms with Crippen molar-refractivity contribution in [2.24, 2.45) is 0 Å². The Labute approximate surface area is 93.2 Å². The average Bonchev–Trinajstić information content (AvgIpc) is 2.21. The summed E-state index contributed by atoms with van der Waals surface area (Å²) in [6.45, 7) is 0.377. The molecule has 0 saturated carbocycles. The highest BCUT2D eigenvalue weighted by molar-refractivity contribution is 6.32. The van der Waals surface area contributed by atoms with E-state index in [1.54, 1.807) is 6.07 Å². The van der Waals surface area contributed by atoms with Crippen molar-refractivity contribution in [3.05, 3.63) is 29.0 Å². The summed E-state index contributed by atoms with van der Waals surface area (Å²) in [5, 5.41) is 8.57. The molecule has 0 atom stereocenters. The molecule has 0 heterocycles. The molecular formula is C11H11ClFNO. The predicted octanol–water partition coefficient (Wildman–Crippen LogP) is 3.55. The first-order valence-electron chi connectivity index (χ1n) is 4.69. The van der Waals surface area contributed by atoms with Crippen LogP contribution in [0.5, 0.6) is 5.75 Å². The van der Waals surface area contributed by atoms with Gasteiger partial charge in [0.1, 0.15) is 0 Å². The van der Waals surface area contributed by atoms with Crippen LogP contribution < -0.4 is 4.74 Å². The number of ether oxygens (including phenoxy) is 1. The summed E-state index contributed by atoms with van der Waals surface area (Å²) in [6.07, 6.45) is 1.97. The molecular weight excluding hydrogens is 217 g/mol. The zero-order chi connectivity index (χ0) is 11.1. The van der Waals surface area contributed by atoms with Gasteiger partial charge in [0.05, 0.1) is 17.7 Å². The van der Waals surface area contributed by atoms with Gasteiger partial charge < -0.3 is 4.74 Å². The third kappa shape index (κ3) is 3.77. The van der Waals surface area contributed by atoms with Crippen molar-refractivity contribution in [2.75, 3.05) is 6.61 Å². The fraction of sp³-hybridized carbons (Fsp3) is 0.364. The van der Waals surface area contributed by atoms with Gasteiger partial charge in [-0.3, -0.25) is 0 Å². The van der Waals surface area contributed by atoms with Crippen molar-refractivity contribution in [3.63, 3.8) is 0 Å². The van der Waals surface area contributed by atoms with Gasteiger partial charge in [-0.1, -0.05) is 17.7 Å². The molecule has 0 unspecified atom stereocenters. The molecule has 15 heavy (non-hydrogen) atoms. The Bertz CT molecular complexity index is 342. The lowest BCUT2D eigenvalue weighted by atomic mass is 10.2. The number of para-hydroxylation sites is 1. The molecule has 4 heteroatoms. The molecule has 1 rings (SSSR count). The largest absolute Gasteiger partial charge is 0.489 e. The first-order chi connectivity index (χ1) is 7.25. The highest BCUT2D eigenvalue weighted by Gasteiger charge is 2.07. The highest BCUT2D eigenvalue weighted by atomic mass is 35.5. The Morgan fingerprint density at radius 1 is 1.40 bits per heavy atom. The summed E-state index contributed by atoms with van der Waals surface area (Å²) in [4.78, 5) is 0. The van der Waals surface area contributed by atoms with Crippen LogP contribution in [-0.2, 0) is 0 Å². The average molecular weight is 228 g/mol. The van der Waals surface area contributed by atoms with Gasteiger partial charge in [0.15, 0.2) is 11.6 Å². The maximum Gasteiger partial charge on any atom is 0.173 e. The van der Waals surface area contributed by atoms with Crippen molar-refractivity contribution in [3.8, 4) is 11.8 Å². The lowest BCUT2D eigenvalue weighted by Crippen LogP contribution is -1.99. The molecule has 0 radical (unpaired) electrons. The minimum absolute atomic E-state index is 0.0936. The fourth-order valence-electron chi connectivity index (χ4n) is 1.10. The minimum atomic E-state index is -0.456. The Balaban J connectivity index is 2.41. The first kappa shape index (κ1) is 11.8. The zero-order valence-electron chi connectivity index (χ0n) is 8.17. The van der Waals surface area contributed by atoms with Gasteiger partial charge in [0.25, 0.3) is 0 Å². The quantitative estimate of drug-likeness (QED) is 0.721. The number of nitrogens with zero attached hydrogens (tertiary/aromatic N) is 1. The third-order valence-corrected chi connectivity index (χ3v) is 2.15. The number of unbranched alkanes of at least 4 members (excludes halogenated alkanes) is 2. The molecule has 0 amide bonds. The Hall–Kier alpha value is -1.27. The fourth-order valence-corrected chi connectivity index (χ4v) is 1.32. The molecule has 0 bridgehead atoms. The molecule has 2 nitrogen and oxygen atoms in total. The van der Waals surface area contributed by atoms with E-state index in [4.69, 9.17) is 21.6 Å².